The molecule has 2 aliphatic rings. The van der Waals surface area contributed by atoms with E-state index in [1.54, 1.807) is 17.9 Å². The number of nitrogens with two attached hydrogens (primary N) is 1. The zero-order chi connectivity index (χ0) is 29.4. The average molecular weight is 595 g/mol. The highest BCUT2D eigenvalue weighted by molar-refractivity contribution is 7.22. The maximum atomic E-state index is 14.3. The Bertz CT molecular complexity index is 1690. The SMILES string of the molecule is COc1ccccc1[C@@H](Cn1c(=O)n(C2CC(CC(N)=O)C2)c(=O)c2c(C)c(-c3ncco3)sc21)OC1CCOCC1. The quantitative estimate of drug-likeness (QED) is 0.291. The van der Waals surface area contributed by atoms with Crippen molar-refractivity contribution in [3.63, 3.8) is 0 Å². The number of thiophene rings is 1. The summed E-state index contributed by atoms with van der Waals surface area (Å²) in [4.78, 5) is 45.3. The fourth-order valence-electron chi connectivity index (χ4n) is 6.11. The Hall–Kier alpha value is -3.74. The van der Waals surface area contributed by atoms with Crippen molar-refractivity contribution < 1.29 is 23.4 Å². The highest BCUT2D eigenvalue weighted by atomic mass is 32.1. The molecule has 1 saturated carbocycles. The van der Waals surface area contributed by atoms with E-state index in [9.17, 15) is 14.4 Å². The summed E-state index contributed by atoms with van der Waals surface area (Å²) < 4.78 is 26.5. The second kappa shape index (κ2) is 11.9. The highest BCUT2D eigenvalue weighted by Gasteiger charge is 2.36. The van der Waals surface area contributed by atoms with E-state index in [1.807, 2.05) is 31.2 Å². The number of hydrogen-bond donors (Lipinski definition) is 1. The first-order valence-corrected chi connectivity index (χ1v) is 15.0. The minimum absolute atomic E-state index is 0.0487. The average Bonchev–Trinajstić information content (AvgIpc) is 3.62. The number of carbonyl (C=O) groups is 1. The molecule has 1 saturated heterocycles. The summed E-state index contributed by atoms with van der Waals surface area (Å²) in [6.45, 7) is 3.23. The van der Waals surface area contributed by atoms with Crippen LogP contribution in [0.1, 0.15) is 55.4 Å². The molecule has 1 aromatic carbocycles. The van der Waals surface area contributed by atoms with Gasteiger partial charge in [-0.25, -0.2) is 9.78 Å². The van der Waals surface area contributed by atoms with E-state index in [0.29, 0.717) is 58.4 Å². The molecule has 0 radical (unpaired) electrons. The van der Waals surface area contributed by atoms with Crippen LogP contribution in [0, 0.1) is 12.8 Å². The third kappa shape index (κ3) is 5.30. The molecule has 4 aromatic rings. The van der Waals surface area contributed by atoms with E-state index in [0.717, 1.165) is 18.4 Å². The van der Waals surface area contributed by atoms with E-state index in [4.69, 9.17) is 24.4 Å². The van der Waals surface area contributed by atoms with E-state index in [2.05, 4.69) is 4.98 Å². The Kier molecular flexibility index (Phi) is 8.02. The molecule has 42 heavy (non-hydrogen) atoms. The largest absolute Gasteiger partial charge is 0.496 e. The van der Waals surface area contributed by atoms with Crippen molar-refractivity contribution in [3.8, 4) is 16.5 Å². The van der Waals surface area contributed by atoms with Crippen LogP contribution < -0.4 is 21.7 Å². The summed E-state index contributed by atoms with van der Waals surface area (Å²) in [5.74, 6) is 0.715. The molecule has 3 aromatic heterocycles. The summed E-state index contributed by atoms with van der Waals surface area (Å²) in [5, 5.41) is 0.455. The zero-order valence-corrected chi connectivity index (χ0v) is 24.4. The van der Waals surface area contributed by atoms with E-state index in [1.165, 1.54) is 22.2 Å². The summed E-state index contributed by atoms with van der Waals surface area (Å²) in [6.07, 6.45) is 5.24. The molecule has 12 heteroatoms. The van der Waals surface area contributed by atoms with Crippen molar-refractivity contribution in [2.75, 3.05) is 20.3 Å². The van der Waals surface area contributed by atoms with Crippen LogP contribution in [0.5, 0.6) is 5.75 Å². The molecule has 0 bridgehead atoms. The second-order valence-electron chi connectivity index (χ2n) is 11.0. The van der Waals surface area contributed by atoms with Crippen molar-refractivity contribution in [3.05, 3.63) is 68.7 Å². The molecule has 1 amide bonds. The number of methoxy groups -OCH3 is 1. The van der Waals surface area contributed by atoms with Crippen LogP contribution in [0.2, 0.25) is 0 Å². The first-order chi connectivity index (χ1) is 20.4. The van der Waals surface area contributed by atoms with E-state index in [-0.39, 0.29) is 42.5 Å². The Morgan fingerprint density at radius 3 is 2.67 bits per heavy atom. The second-order valence-corrected chi connectivity index (χ2v) is 12.0. The van der Waals surface area contributed by atoms with Gasteiger partial charge in [0.05, 0.1) is 36.2 Å². The number of aromatic nitrogens is 3. The Balaban J connectivity index is 1.49. The minimum Gasteiger partial charge on any atom is -0.496 e. The fraction of sp³-hybridized carbons (Fsp3) is 0.467. The first-order valence-electron chi connectivity index (χ1n) is 14.2. The number of benzene rings is 1. The van der Waals surface area contributed by atoms with Crippen LogP contribution in [0.4, 0.5) is 0 Å². The van der Waals surface area contributed by atoms with Gasteiger partial charge in [0.1, 0.15) is 22.9 Å². The monoisotopic (exact) mass is 594 g/mol. The van der Waals surface area contributed by atoms with Crippen LogP contribution in [0.15, 0.2) is 50.7 Å². The summed E-state index contributed by atoms with van der Waals surface area (Å²) in [5.41, 5.74) is 6.17. The van der Waals surface area contributed by atoms with Crippen molar-refractivity contribution in [1.29, 1.82) is 0 Å². The van der Waals surface area contributed by atoms with E-state index < -0.39 is 11.8 Å². The standard InChI is InChI=1S/C30H34N4O7S/c1-17-25-28(36)34(19-13-18(14-19)15-24(31)35)30(37)33(29(25)42-26(17)27-32-9-12-40-27)16-23(41-20-7-10-39-11-8-20)21-5-3-4-6-22(21)38-2/h3-6,9,12,18-20,23H,7-8,10-11,13-16H2,1-2H3,(H2,31,35)/t18?,19?,23-/m1/s1. The van der Waals surface area contributed by atoms with Gasteiger partial charge in [0.15, 0.2) is 0 Å². The van der Waals surface area contributed by atoms with Gasteiger partial charge in [0.2, 0.25) is 11.8 Å². The molecule has 2 N–H and O–H groups in total. The molecule has 0 unspecified atom stereocenters. The van der Waals surface area contributed by atoms with Gasteiger partial charge in [-0.3, -0.25) is 18.7 Å². The summed E-state index contributed by atoms with van der Waals surface area (Å²) >= 11 is 1.31. The number of para-hydroxylation sites is 1. The van der Waals surface area contributed by atoms with Crippen molar-refractivity contribution >= 4 is 27.5 Å². The van der Waals surface area contributed by atoms with Crippen LogP contribution in [0.3, 0.4) is 0 Å². The molecular formula is C30H34N4O7S. The lowest BCUT2D eigenvalue weighted by atomic mass is 9.78. The highest BCUT2D eigenvalue weighted by Crippen LogP contribution is 2.41. The predicted octanol–water partition coefficient (Wildman–Crippen LogP) is 3.96. The molecule has 0 spiro atoms. The third-order valence-corrected chi connectivity index (χ3v) is 9.60. The molecule has 1 aliphatic carbocycles. The maximum absolute atomic E-state index is 14.3. The zero-order valence-electron chi connectivity index (χ0n) is 23.6. The number of amides is 1. The minimum atomic E-state index is -0.535. The summed E-state index contributed by atoms with van der Waals surface area (Å²) in [7, 11) is 1.61. The third-order valence-electron chi connectivity index (χ3n) is 8.29. The van der Waals surface area contributed by atoms with Crippen LogP contribution >= 0.6 is 11.3 Å². The molecule has 11 nitrogen and oxygen atoms in total. The van der Waals surface area contributed by atoms with Crippen molar-refractivity contribution in [2.45, 2.75) is 63.8 Å². The lowest BCUT2D eigenvalue weighted by molar-refractivity contribution is -0.119. The number of hydrogen-bond acceptors (Lipinski definition) is 9. The Labute approximate surface area is 245 Å². The van der Waals surface area contributed by atoms with Gasteiger partial charge in [-0.1, -0.05) is 18.2 Å². The van der Waals surface area contributed by atoms with Gasteiger partial charge in [-0.2, -0.15) is 0 Å². The molecule has 222 valence electrons. The van der Waals surface area contributed by atoms with Crippen molar-refractivity contribution in [1.82, 2.24) is 14.1 Å². The number of ether oxygens (including phenoxy) is 3. The van der Waals surface area contributed by atoms with Crippen LogP contribution in [-0.2, 0) is 20.8 Å². The van der Waals surface area contributed by atoms with Gasteiger partial charge in [0, 0.05) is 31.2 Å². The number of oxazole rings is 1. The number of fused-ring (bicyclic) bond motifs is 1. The molecule has 4 heterocycles. The Morgan fingerprint density at radius 2 is 1.98 bits per heavy atom. The Morgan fingerprint density at radius 1 is 1.21 bits per heavy atom. The molecule has 1 atom stereocenters. The lowest BCUT2D eigenvalue weighted by Crippen LogP contribution is -2.46. The van der Waals surface area contributed by atoms with Gasteiger partial charge >= 0.3 is 5.69 Å². The molecule has 1 aliphatic heterocycles. The number of nitrogens with zero attached hydrogens (tertiary/aromatic N) is 3. The van der Waals surface area contributed by atoms with Gasteiger partial charge < -0.3 is 24.4 Å². The number of carbonyl (C=O) groups excluding carboxylic acids is 1. The molecule has 6 rings (SSSR count). The number of aryl methyl sites for hydroxylation is 1. The van der Waals surface area contributed by atoms with Crippen LogP contribution in [-0.4, -0.2) is 46.5 Å². The van der Waals surface area contributed by atoms with Crippen LogP contribution in [0.25, 0.3) is 21.0 Å². The fourth-order valence-corrected chi connectivity index (χ4v) is 7.35. The first kappa shape index (κ1) is 28.4. The smallest absolute Gasteiger partial charge is 0.332 e. The summed E-state index contributed by atoms with van der Waals surface area (Å²) in [6, 6.07) is 7.30. The number of primary amides is 1. The normalized spacial score (nSPS) is 20.0. The topological polar surface area (TPSA) is 141 Å². The van der Waals surface area contributed by atoms with Crippen molar-refractivity contribution in [2.24, 2.45) is 11.7 Å². The molecule has 2 fully saturated rings. The maximum Gasteiger partial charge on any atom is 0.332 e. The lowest BCUT2D eigenvalue weighted by Gasteiger charge is -2.36. The predicted molar refractivity (Wildman–Crippen MR) is 157 cm³/mol. The van der Waals surface area contributed by atoms with E-state index >= 15 is 0 Å². The van der Waals surface area contributed by atoms with Gasteiger partial charge in [-0.05, 0) is 50.2 Å². The molecular weight excluding hydrogens is 560 g/mol. The van der Waals surface area contributed by atoms with Gasteiger partial charge in [0.25, 0.3) is 5.56 Å². The van der Waals surface area contributed by atoms with Gasteiger partial charge in [-0.15, -0.1) is 11.3 Å². The number of rotatable bonds is 10.